The lowest BCUT2D eigenvalue weighted by Crippen LogP contribution is -2.35. The lowest BCUT2D eigenvalue weighted by molar-refractivity contribution is -0.120. The third-order valence-electron chi connectivity index (χ3n) is 1.51. The molecule has 1 rings (SSSR count). The predicted molar refractivity (Wildman–Crippen MR) is 60.3 cm³/mol. The summed E-state index contributed by atoms with van der Waals surface area (Å²) in [5, 5.41) is 2.76. The van der Waals surface area contributed by atoms with E-state index in [1.54, 1.807) is 6.20 Å². The fourth-order valence-corrected chi connectivity index (χ4v) is 0.810. The molecule has 4 heteroatoms. The van der Waals surface area contributed by atoms with Crippen molar-refractivity contribution in [3.63, 3.8) is 0 Å². The largest absolute Gasteiger partial charge is 0.350 e. The van der Waals surface area contributed by atoms with Gasteiger partial charge in [-0.25, -0.2) is 0 Å². The van der Waals surface area contributed by atoms with E-state index in [0.29, 0.717) is 13.0 Å². The van der Waals surface area contributed by atoms with Crippen molar-refractivity contribution in [2.24, 2.45) is 0 Å². The number of nitrogens with one attached hydrogen (secondary N) is 3. The molecule has 1 aliphatic heterocycles. The molecule has 0 aromatic rings. The Morgan fingerprint density at radius 1 is 1.57 bits per heavy atom. The molecule has 1 heterocycles. The first-order chi connectivity index (χ1) is 6.83. The molecule has 0 saturated heterocycles. The molecule has 4 nitrogen and oxygen atoms in total. The quantitative estimate of drug-likeness (QED) is 0.642. The molecule has 1 aliphatic rings. The Kier molecular flexibility index (Phi) is 7.32. The van der Waals surface area contributed by atoms with E-state index in [-0.39, 0.29) is 7.33 Å². The van der Waals surface area contributed by atoms with E-state index in [2.05, 4.69) is 16.2 Å². The van der Waals surface area contributed by atoms with Crippen LogP contribution in [0.2, 0.25) is 0 Å². The Morgan fingerprint density at radius 2 is 2.29 bits per heavy atom. The van der Waals surface area contributed by atoms with Gasteiger partial charge in [0.15, 0.2) is 0 Å². The summed E-state index contributed by atoms with van der Waals surface area (Å²) >= 11 is 0. The maximum Gasteiger partial charge on any atom is 0.220 e. The first-order valence-corrected chi connectivity index (χ1v) is 4.97. The van der Waals surface area contributed by atoms with Gasteiger partial charge in [-0.2, -0.15) is 0 Å². The highest BCUT2D eigenvalue weighted by atomic mass is 16.1. The maximum absolute atomic E-state index is 10.8. The number of hydrogen-bond acceptors (Lipinski definition) is 3. The number of rotatable bonds is 3. The zero-order valence-corrected chi connectivity index (χ0v) is 9.05. The van der Waals surface area contributed by atoms with Gasteiger partial charge in [0.2, 0.25) is 5.91 Å². The second-order valence-electron chi connectivity index (χ2n) is 2.45. The number of carbonyl (C=O) groups is 1. The number of carbonyl (C=O) groups excluding carboxylic acids is 1. The Hall–Kier alpha value is -1.45. The van der Waals surface area contributed by atoms with Gasteiger partial charge < -0.3 is 16.2 Å². The average Bonchev–Trinajstić information content (AvgIpc) is 2.30. The van der Waals surface area contributed by atoms with E-state index in [1.165, 1.54) is 0 Å². The van der Waals surface area contributed by atoms with E-state index in [9.17, 15) is 4.79 Å². The van der Waals surface area contributed by atoms with Crippen molar-refractivity contribution >= 4 is 5.91 Å². The molecule has 0 radical (unpaired) electrons. The molecule has 3 N–H and O–H groups in total. The summed E-state index contributed by atoms with van der Waals surface area (Å²) in [7, 11) is 0. The molecule has 0 bridgehead atoms. The summed E-state index contributed by atoms with van der Waals surface area (Å²) in [6.07, 6.45) is 6.10. The van der Waals surface area contributed by atoms with Crippen molar-refractivity contribution in [3.8, 4) is 0 Å². The van der Waals surface area contributed by atoms with Crippen LogP contribution < -0.4 is 16.2 Å². The van der Waals surface area contributed by atoms with Gasteiger partial charge in [0.25, 0.3) is 0 Å². The first-order valence-electron chi connectivity index (χ1n) is 4.97. The van der Waals surface area contributed by atoms with Crippen LogP contribution in [0.1, 0.15) is 28.6 Å². The summed E-state index contributed by atoms with van der Waals surface area (Å²) < 4.78 is 0. The van der Waals surface area contributed by atoms with Crippen molar-refractivity contribution in [1.29, 1.82) is 0 Å². The van der Waals surface area contributed by atoms with Crippen LogP contribution in [0, 0.1) is 0 Å². The van der Waals surface area contributed by atoms with E-state index in [4.69, 9.17) is 0 Å². The van der Waals surface area contributed by atoms with Gasteiger partial charge in [-0.3, -0.25) is 4.79 Å². The van der Waals surface area contributed by atoms with Crippen LogP contribution in [0.3, 0.4) is 0 Å². The third kappa shape index (κ3) is 5.24. The zero-order chi connectivity index (χ0) is 10.8. The highest BCUT2D eigenvalue weighted by molar-refractivity contribution is 5.75. The smallest absolute Gasteiger partial charge is 0.220 e. The van der Waals surface area contributed by atoms with Crippen LogP contribution in [0.25, 0.3) is 0 Å². The summed E-state index contributed by atoms with van der Waals surface area (Å²) in [5.41, 5.74) is 6.69. The van der Waals surface area contributed by atoms with Gasteiger partial charge in [0.1, 0.15) is 0 Å². The molecular formula is C10H21N3O. The standard InChI is InChI=1S/C8H13N3O.C2H6.H2/c1-2-8(12)9-6-7-4-3-5-10-11-7;1-2;/h3-5,10-11H,2,6H2,1H3,(H,9,12);1-2H3;1H. The SMILES string of the molecule is CC.CCC(=O)NCC1=CC=CNN1.[HH]. The molecule has 0 fully saturated rings. The van der Waals surface area contributed by atoms with E-state index in [0.717, 1.165) is 5.70 Å². The third-order valence-corrected chi connectivity index (χ3v) is 1.51. The van der Waals surface area contributed by atoms with Crippen LogP contribution in [0.5, 0.6) is 0 Å². The molecule has 0 spiro atoms. The van der Waals surface area contributed by atoms with Crippen molar-refractivity contribution in [2.45, 2.75) is 27.2 Å². The lowest BCUT2D eigenvalue weighted by atomic mass is 10.3. The molecule has 82 valence electrons. The van der Waals surface area contributed by atoms with Gasteiger partial charge in [0, 0.05) is 14.0 Å². The van der Waals surface area contributed by atoms with Crippen LogP contribution in [0.15, 0.2) is 24.0 Å². The normalized spacial score (nSPS) is 12.6. The van der Waals surface area contributed by atoms with Crippen molar-refractivity contribution < 1.29 is 6.22 Å². The molecule has 0 unspecified atom stereocenters. The van der Waals surface area contributed by atoms with Crippen LogP contribution in [-0.2, 0) is 4.79 Å². The second kappa shape index (κ2) is 8.16. The van der Waals surface area contributed by atoms with Gasteiger partial charge in [-0.1, -0.05) is 20.8 Å². The molecule has 0 aliphatic carbocycles. The minimum absolute atomic E-state index is 0. The minimum atomic E-state index is 0. The molecule has 0 aromatic heterocycles. The van der Waals surface area contributed by atoms with Gasteiger partial charge in [-0.15, -0.1) is 0 Å². The van der Waals surface area contributed by atoms with Gasteiger partial charge in [0.05, 0.1) is 12.2 Å². The predicted octanol–water partition coefficient (Wildman–Crippen LogP) is 1.29. The highest BCUT2D eigenvalue weighted by Gasteiger charge is 1.99. The molecule has 0 saturated carbocycles. The Balaban J connectivity index is 0. The Morgan fingerprint density at radius 3 is 2.79 bits per heavy atom. The van der Waals surface area contributed by atoms with Crippen LogP contribution in [0.4, 0.5) is 0 Å². The summed E-state index contributed by atoms with van der Waals surface area (Å²) in [6.45, 7) is 6.38. The Labute approximate surface area is 86.9 Å². The molecule has 14 heavy (non-hydrogen) atoms. The number of hydrogen-bond donors (Lipinski definition) is 3. The minimum Gasteiger partial charge on any atom is -0.350 e. The van der Waals surface area contributed by atoms with Gasteiger partial charge >= 0.3 is 0 Å². The summed E-state index contributed by atoms with van der Waals surface area (Å²) in [6, 6.07) is 0. The number of hydrazine groups is 1. The maximum atomic E-state index is 10.8. The summed E-state index contributed by atoms with van der Waals surface area (Å²) in [5.74, 6) is 0.0623. The zero-order valence-electron chi connectivity index (χ0n) is 9.05. The van der Waals surface area contributed by atoms with E-state index in [1.807, 2.05) is 32.9 Å². The number of amides is 1. The monoisotopic (exact) mass is 199 g/mol. The fraction of sp³-hybridized carbons (Fsp3) is 0.500. The van der Waals surface area contributed by atoms with Crippen molar-refractivity contribution in [3.05, 3.63) is 24.0 Å². The second-order valence-corrected chi connectivity index (χ2v) is 2.45. The first kappa shape index (κ1) is 12.6. The molecule has 0 aromatic carbocycles. The van der Waals surface area contributed by atoms with Crippen molar-refractivity contribution in [1.82, 2.24) is 16.2 Å². The van der Waals surface area contributed by atoms with Gasteiger partial charge in [-0.05, 0) is 12.2 Å². The lowest BCUT2D eigenvalue weighted by Gasteiger charge is -2.13. The van der Waals surface area contributed by atoms with Crippen LogP contribution in [-0.4, -0.2) is 12.5 Å². The fourth-order valence-electron chi connectivity index (χ4n) is 0.810. The summed E-state index contributed by atoms with van der Waals surface area (Å²) in [4.78, 5) is 10.8. The highest BCUT2D eigenvalue weighted by Crippen LogP contribution is 1.90. The Bertz CT molecular complexity index is 227. The molecular weight excluding hydrogens is 178 g/mol. The molecule has 0 atom stereocenters. The van der Waals surface area contributed by atoms with E-state index >= 15 is 0 Å². The average molecular weight is 199 g/mol. The number of allylic oxidation sites excluding steroid dienone is 2. The molecule has 1 amide bonds. The van der Waals surface area contributed by atoms with Crippen LogP contribution >= 0.6 is 0 Å². The topological polar surface area (TPSA) is 53.2 Å². The van der Waals surface area contributed by atoms with Crippen molar-refractivity contribution in [2.75, 3.05) is 6.54 Å². The van der Waals surface area contributed by atoms with E-state index < -0.39 is 0 Å².